The molecule has 3 nitrogen and oxygen atoms in total. The monoisotopic (exact) mass is 186 g/mol. The van der Waals surface area contributed by atoms with Crippen molar-refractivity contribution in [3.05, 3.63) is 10.8 Å². The third-order valence-electron chi connectivity index (χ3n) is 2.43. The lowest BCUT2D eigenvalue weighted by atomic mass is 9.75. The molecule has 0 aromatic carbocycles. The predicted molar refractivity (Wildman–Crippen MR) is 47.1 cm³/mol. The number of hydrogen-bond acceptors (Lipinski definition) is 3. The van der Waals surface area contributed by atoms with Crippen LogP contribution in [0.15, 0.2) is 4.52 Å². The lowest BCUT2D eigenvalue weighted by Gasteiger charge is -2.30. The van der Waals surface area contributed by atoms with Crippen LogP contribution >= 0.6 is 11.6 Å². The van der Waals surface area contributed by atoms with E-state index in [1.165, 1.54) is 0 Å². The average molecular weight is 187 g/mol. The highest BCUT2D eigenvalue weighted by Crippen LogP contribution is 2.44. The zero-order valence-corrected chi connectivity index (χ0v) is 7.64. The summed E-state index contributed by atoms with van der Waals surface area (Å²) in [6, 6.07) is 0. The van der Waals surface area contributed by atoms with Gasteiger partial charge in [0, 0.05) is 5.92 Å². The molecule has 4 heteroatoms. The first kappa shape index (κ1) is 7.92. The summed E-state index contributed by atoms with van der Waals surface area (Å²) in [5.41, 5.74) is 5.46. The van der Waals surface area contributed by atoms with Crippen LogP contribution in [0.1, 0.15) is 31.4 Å². The Labute approximate surface area is 75.9 Å². The van der Waals surface area contributed by atoms with Crippen molar-refractivity contribution in [2.24, 2.45) is 5.92 Å². The zero-order valence-electron chi connectivity index (χ0n) is 6.88. The fourth-order valence-corrected chi connectivity index (χ4v) is 1.90. The topological polar surface area (TPSA) is 52.0 Å². The number of aromatic nitrogens is 1. The minimum absolute atomic E-state index is 0.311. The fourth-order valence-electron chi connectivity index (χ4n) is 1.67. The Kier molecular flexibility index (Phi) is 1.76. The van der Waals surface area contributed by atoms with E-state index in [0.717, 1.165) is 24.5 Å². The SMILES string of the molecule is CC1CC(c2onc(N)c2Cl)C1. The van der Waals surface area contributed by atoms with Gasteiger partial charge >= 0.3 is 0 Å². The molecular weight excluding hydrogens is 176 g/mol. The molecule has 66 valence electrons. The van der Waals surface area contributed by atoms with E-state index in [-0.39, 0.29) is 0 Å². The largest absolute Gasteiger partial charge is 0.380 e. The van der Waals surface area contributed by atoms with Crippen LogP contribution in [0.25, 0.3) is 0 Å². The van der Waals surface area contributed by atoms with Crippen molar-refractivity contribution in [2.45, 2.75) is 25.7 Å². The van der Waals surface area contributed by atoms with Crippen molar-refractivity contribution in [2.75, 3.05) is 5.73 Å². The van der Waals surface area contributed by atoms with E-state index in [0.29, 0.717) is 16.8 Å². The van der Waals surface area contributed by atoms with E-state index >= 15 is 0 Å². The van der Waals surface area contributed by atoms with Crippen LogP contribution in [-0.4, -0.2) is 5.16 Å². The van der Waals surface area contributed by atoms with Crippen LogP contribution in [0.5, 0.6) is 0 Å². The second kappa shape index (κ2) is 2.66. The van der Waals surface area contributed by atoms with E-state index in [2.05, 4.69) is 12.1 Å². The van der Waals surface area contributed by atoms with Crippen molar-refractivity contribution in [1.29, 1.82) is 0 Å². The number of nitrogen functional groups attached to an aromatic ring is 1. The quantitative estimate of drug-likeness (QED) is 0.733. The molecule has 1 aromatic rings. The van der Waals surface area contributed by atoms with Gasteiger partial charge in [0.2, 0.25) is 0 Å². The van der Waals surface area contributed by atoms with E-state index < -0.39 is 0 Å². The molecule has 0 atom stereocenters. The maximum atomic E-state index is 5.88. The maximum absolute atomic E-state index is 5.88. The zero-order chi connectivity index (χ0) is 8.72. The molecule has 0 aliphatic heterocycles. The minimum Gasteiger partial charge on any atom is -0.380 e. The summed E-state index contributed by atoms with van der Waals surface area (Å²) in [5, 5.41) is 4.12. The summed E-state index contributed by atoms with van der Waals surface area (Å²) in [6.45, 7) is 2.21. The highest BCUT2D eigenvalue weighted by molar-refractivity contribution is 6.33. The van der Waals surface area contributed by atoms with Gasteiger partial charge in [0.15, 0.2) is 11.6 Å². The van der Waals surface area contributed by atoms with Gasteiger partial charge in [0.25, 0.3) is 0 Å². The molecule has 1 aliphatic carbocycles. The molecule has 2 rings (SSSR count). The first-order valence-electron chi connectivity index (χ1n) is 4.09. The molecule has 1 fully saturated rings. The molecule has 1 saturated carbocycles. The van der Waals surface area contributed by atoms with Gasteiger partial charge < -0.3 is 10.3 Å². The summed E-state index contributed by atoms with van der Waals surface area (Å²) in [5.74, 6) is 2.30. The first-order valence-corrected chi connectivity index (χ1v) is 4.46. The van der Waals surface area contributed by atoms with Crippen LogP contribution in [0.2, 0.25) is 5.02 Å². The molecule has 1 aromatic heterocycles. The molecule has 1 aliphatic rings. The second-order valence-corrected chi connectivity index (χ2v) is 3.90. The van der Waals surface area contributed by atoms with Gasteiger partial charge in [-0.1, -0.05) is 23.7 Å². The Morgan fingerprint density at radius 2 is 2.25 bits per heavy atom. The van der Waals surface area contributed by atoms with Gasteiger partial charge in [0.05, 0.1) is 0 Å². The van der Waals surface area contributed by atoms with Crippen molar-refractivity contribution in [1.82, 2.24) is 5.16 Å². The standard InChI is InChI=1S/C8H11ClN2O/c1-4-2-5(3-4)7-6(9)8(10)11-12-7/h4-5H,2-3H2,1H3,(H2,10,11). The van der Waals surface area contributed by atoms with Gasteiger partial charge in [-0.05, 0) is 18.8 Å². The molecule has 0 spiro atoms. The van der Waals surface area contributed by atoms with Gasteiger partial charge in [0.1, 0.15) is 5.02 Å². The van der Waals surface area contributed by atoms with Crippen molar-refractivity contribution < 1.29 is 4.52 Å². The normalized spacial score (nSPS) is 28.5. The first-order chi connectivity index (χ1) is 5.68. The fraction of sp³-hybridized carbons (Fsp3) is 0.625. The van der Waals surface area contributed by atoms with E-state index in [9.17, 15) is 0 Å². The molecule has 0 amide bonds. The van der Waals surface area contributed by atoms with Gasteiger partial charge in [-0.3, -0.25) is 0 Å². The lowest BCUT2D eigenvalue weighted by molar-refractivity contribution is 0.234. The van der Waals surface area contributed by atoms with Gasteiger partial charge in [-0.25, -0.2) is 0 Å². The number of anilines is 1. The Bertz CT molecular complexity index is 291. The highest BCUT2D eigenvalue weighted by Gasteiger charge is 2.32. The van der Waals surface area contributed by atoms with Crippen LogP contribution in [0.3, 0.4) is 0 Å². The van der Waals surface area contributed by atoms with Crippen LogP contribution in [-0.2, 0) is 0 Å². The Morgan fingerprint density at radius 1 is 1.58 bits per heavy atom. The number of halogens is 1. The van der Waals surface area contributed by atoms with E-state index in [1.807, 2.05) is 0 Å². The number of rotatable bonds is 1. The molecule has 0 saturated heterocycles. The molecular formula is C8H11ClN2O. The number of nitrogens with zero attached hydrogens (tertiary/aromatic N) is 1. The number of nitrogens with two attached hydrogens (primary N) is 1. The lowest BCUT2D eigenvalue weighted by Crippen LogP contribution is -2.18. The van der Waals surface area contributed by atoms with Gasteiger partial charge in [-0.15, -0.1) is 0 Å². The molecule has 0 bridgehead atoms. The van der Waals surface area contributed by atoms with Crippen LogP contribution in [0, 0.1) is 5.92 Å². The van der Waals surface area contributed by atoms with E-state index in [1.54, 1.807) is 0 Å². The Balaban J connectivity index is 2.18. The summed E-state index contributed by atoms with van der Waals surface area (Å²) in [7, 11) is 0. The molecule has 12 heavy (non-hydrogen) atoms. The Hall–Kier alpha value is -0.700. The van der Waals surface area contributed by atoms with Gasteiger partial charge in [-0.2, -0.15) is 0 Å². The minimum atomic E-state index is 0.311. The maximum Gasteiger partial charge on any atom is 0.186 e. The van der Waals surface area contributed by atoms with E-state index in [4.69, 9.17) is 21.9 Å². The molecule has 0 unspecified atom stereocenters. The molecule has 2 N–H and O–H groups in total. The molecule has 0 radical (unpaired) electrons. The third-order valence-corrected chi connectivity index (χ3v) is 2.81. The van der Waals surface area contributed by atoms with Crippen molar-refractivity contribution in [3.8, 4) is 0 Å². The van der Waals surface area contributed by atoms with Crippen molar-refractivity contribution in [3.63, 3.8) is 0 Å². The van der Waals surface area contributed by atoms with Crippen molar-refractivity contribution >= 4 is 17.4 Å². The third kappa shape index (κ3) is 1.08. The smallest absolute Gasteiger partial charge is 0.186 e. The molecule has 1 heterocycles. The summed E-state index contributed by atoms with van der Waals surface area (Å²) >= 11 is 5.88. The summed E-state index contributed by atoms with van der Waals surface area (Å²) in [6.07, 6.45) is 2.27. The predicted octanol–water partition coefficient (Wildman–Crippen LogP) is 2.42. The second-order valence-electron chi connectivity index (χ2n) is 3.52. The summed E-state index contributed by atoms with van der Waals surface area (Å²) < 4.78 is 5.04. The van der Waals surface area contributed by atoms with Crippen LogP contribution in [0.4, 0.5) is 5.82 Å². The van der Waals surface area contributed by atoms with Crippen LogP contribution < -0.4 is 5.73 Å². The Morgan fingerprint density at radius 3 is 2.67 bits per heavy atom. The summed E-state index contributed by atoms with van der Waals surface area (Å²) in [4.78, 5) is 0. The number of hydrogen-bond donors (Lipinski definition) is 1. The highest BCUT2D eigenvalue weighted by atomic mass is 35.5. The average Bonchev–Trinajstić information content (AvgIpc) is 2.28.